The van der Waals surface area contributed by atoms with Crippen molar-refractivity contribution in [3.05, 3.63) is 29.8 Å². The molecule has 1 unspecified atom stereocenters. The highest BCUT2D eigenvalue weighted by atomic mass is 16.5. The number of nitrogens with zero attached hydrogens (tertiary/aromatic N) is 3. The Labute approximate surface area is 214 Å². The van der Waals surface area contributed by atoms with Crippen LogP contribution in [0.5, 0.6) is 0 Å². The van der Waals surface area contributed by atoms with E-state index >= 15 is 0 Å². The van der Waals surface area contributed by atoms with Crippen LogP contribution in [-0.4, -0.2) is 80.0 Å². The highest BCUT2D eigenvalue weighted by molar-refractivity contribution is 5.86. The average Bonchev–Trinajstić information content (AvgIpc) is 2.87. The first-order chi connectivity index (χ1) is 17.0. The smallest absolute Gasteiger partial charge is 0.411 e. The highest BCUT2D eigenvalue weighted by Gasteiger charge is 2.16. The fourth-order valence-corrected chi connectivity index (χ4v) is 4.98. The summed E-state index contributed by atoms with van der Waals surface area (Å²) in [5, 5.41) is 9.85. The summed E-state index contributed by atoms with van der Waals surface area (Å²) >= 11 is 0. The maximum atomic E-state index is 12.0. The van der Waals surface area contributed by atoms with Gasteiger partial charge in [0.2, 0.25) is 0 Å². The molecule has 0 aliphatic carbocycles. The molecule has 0 saturated carbocycles. The second-order valence-corrected chi connectivity index (χ2v) is 10.1. The van der Waals surface area contributed by atoms with Gasteiger partial charge < -0.3 is 14.7 Å². The average molecular weight is 490 g/mol. The minimum Gasteiger partial charge on any atom is -0.465 e. The molecule has 1 N–H and O–H groups in total. The Morgan fingerprint density at radius 2 is 1.63 bits per heavy atom. The minimum absolute atomic E-state index is 0.416. The zero-order valence-electron chi connectivity index (χ0n) is 22.7. The summed E-state index contributed by atoms with van der Waals surface area (Å²) in [7, 11) is 0. The summed E-state index contributed by atoms with van der Waals surface area (Å²) in [6.07, 6.45) is 9.55. The summed E-state index contributed by atoms with van der Waals surface area (Å²) < 4.78 is 5.40. The Morgan fingerprint density at radius 1 is 0.971 bits per heavy atom. The van der Waals surface area contributed by atoms with Crippen molar-refractivity contribution in [3.63, 3.8) is 0 Å². The fraction of sp³-hybridized carbons (Fsp3) is 0.759. The monoisotopic (exact) mass is 489 g/mol. The van der Waals surface area contributed by atoms with Crippen LogP contribution in [0.2, 0.25) is 0 Å². The molecule has 6 nitrogen and oxygen atoms in total. The van der Waals surface area contributed by atoms with Gasteiger partial charge in [0.25, 0.3) is 0 Å². The van der Waals surface area contributed by atoms with E-state index in [0.717, 1.165) is 70.9 Å². The summed E-state index contributed by atoms with van der Waals surface area (Å²) in [6.45, 7) is 15.8. The molecule has 1 amide bonds. The van der Waals surface area contributed by atoms with Gasteiger partial charge in [0, 0.05) is 25.3 Å². The van der Waals surface area contributed by atoms with Crippen molar-refractivity contribution >= 4 is 11.8 Å². The Morgan fingerprint density at radius 3 is 2.29 bits per heavy atom. The lowest BCUT2D eigenvalue weighted by molar-refractivity contribution is 0.0371. The van der Waals surface area contributed by atoms with E-state index < -0.39 is 6.09 Å². The van der Waals surface area contributed by atoms with E-state index in [1.807, 2.05) is 12.1 Å². The molecular weight excluding hydrogens is 438 g/mol. The number of benzene rings is 1. The lowest BCUT2D eigenvalue weighted by atomic mass is 9.96. The molecule has 35 heavy (non-hydrogen) atoms. The molecule has 1 aromatic carbocycles. The van der Waals surface area contributed by atoms with Gasteiger partial charge in [-0.25, -0.2) is 4.79 Å². The van der Waals surface area contributed by atoms with Crippen molar-refractivity contribution in [2.75, 3.05) is 63.9 Å². The third kappa shape index (κ3) is 11.8. The Kier molecular flexibility index (Phi) is 15.0. The van der Waals surface area contributed by atoms with Gasteiger partial charge in [-0.1, -0.05) is 58.6 Å². The minimum atomic E-state index is -0.850. The Balaban J connectivity index is 1.72. The zero-order valence-corrected chi connectivity index (χ0v) is 22.7. The van der Waals surface area contributed by atoms with Crippen molar-refractivity contribution in [2.45, 2.75) is 84.5 Å². The number of ether oxygens (including phenoxy) is 1. The number of carboxylic acid groups (broad SMARTS) is 1. The van der Waals surface area contributed by atoms with Crippen molar-refractivity contribution in [3.8, 4) is 0 Å². The number of rotatable bonds is 18. The molecule has 1 aliphatic heterocycles. The van der Waals surface area contributed by atoms with Crippen LogP contribution in [0.15, 0.2) is 24.3 Å². The van der Waals surface area contributed by atoms with Gasteiger partial charge in [-0.15, -0.1) is 0 Å². The zero-order chi connectivity index (χ0) is 25.3. The van der Waals surface area contributed by atoms with Gasteiger partial charge in [-0.3, -0.25) is 9.80 Å². The molecule has 0 radical (unpaired) electrons. The molecule has 200 valence electrons. The van der Waals surface area contributed by atoms with Crippen LogP contribution in [0.25, 0.3) is 0 Å². The van der Waals surface area contributed by atoms with Crippen molar-refractivity contribution < 1.29 is 14.6 Å². The van der Waals surface area contributed by atoms with E-state index in [9.17, 15) is 9.90 Å². The van der Waals surface area contributed by atoms with Crippen molar-refractivity contribution in [2.24, 2.45) is 0 Å². The molecule has 2 rings (SSSR count). The topological polar surface area (TPSA) is 56.2 Å². The molecule has 1 fully saturated rings. The molecule has 1 aliphatic rings. The lowest BCUT2D eigenvalue weighted by Gasteiger charge is -2.26. The van der Waals surface area contributed by atoms with Crippen LogP contribution in [0.3, 0.4) is 0 Å². The molecular formula is C29H51N3O3. The van der Waals surface area contributed by atoms with Crippen LogP contribution < -0.4 is 4.90 Å². The largest absolute Gasteiger partial charge is 0.465 e. The standard InChI is InChI=1S/C29H51N3O3/c1-4-16-30(17-5-2)20-15-26(3)27-13-12-14-28(25-27)32(29(33)34)19-11-9-7-6-8-10-18-31-21-23-35-24-22-31/h12-14,25-26H,4-11,15-24H2,1-3H3,(H,33,34). The maximum absolute atomic E-state index is 12.0. The maximum Gasteiger partial charge on any atom is 0.411 e. The van der Waals surface area contributed by atoms with E-state index in [4.69, 9.17) is 4.74 Å². The van der Waals surface area contributed by atoms with Crippen LogP contribution >= 0.6 is 0 Å². The van der Waals surface area contributed by atoms with Crippen LogP contribution in [-0.2, 0) is 4.74 Å². The summed E-state index contributed by atoms with van der Waals surface area (Å²) in [5.41, 5.74) is 2.05. The fourth-order valence-electron chi connectivity index (χ4n) is 4.98. The number of amides is 1. The highest BCUT2D eigenvalue weighted by Crippen LogP contribution is 2.25. The first kappa shape index (κ1) is 29.6. The molecule has 1 heterocycles. The number of morpholine rings is 1. The Hall–Kier alpha value is -1.63. The molecule has 0 aromatic heterocycles. The van der Waals surface area contributed by atoms with E-state index in [0.29, 0.717) is 12.5 Å². The third-order valence-corrected chi connectivity index (χ3v) is 7.15. The first-order valence-electron chi connectivity index (χ1n) is 14.2. The van der Waals surface area contributed by atoms with Crippen LogP contribution in [0.1, 0.15) is 90.0 Å². The number of unbranched alkanes of at least 4 members (excludes halogenated alkanes) is 5. The third-order valence-electron chi connectivity index (χ3n) is 7.15. The number of carbonyl (C=O) groups is 1. The molecule has 1 saturated heterocycles. The molecule has 0 bridgehead atoms. The summed E-state index contributed by atoms with van der Waals surface area (Å²) in [4.78, 5) is 18.6. The molecule has 6 heteroatoms. The predicted molar refractivity (Wildman–Crippen MR) is 147 cm³/mol. The molecule has 1 atom stereocenters. The number of anilines is 1. The van der Waals surface area contributed by atoms with Crippen molar-refractivity contribution in [1.82, 2.24) is 9.80 Å². The van der Waals surface area contributed by atoms with Gasteiger partial charge in [0.1, 0.15) is 0 Å². The molecule has 0 spiro atoms. The van der Waals surface area contributed by atoms with Gasteiger partial charge in [0.05, 0.1) is 13.2 Å². The van der Waals surface area contributed by atoms with Gasteiger partial charge in [-0.2, -0.15) is 0 Å². The number of hydrogen-bond donors (Lipinski definition) is 1. The summed E-state index contributed by atoms with van der Waals surface area (Å²) in [5.74, 6) is 0.416. The second kappa shape index (κ2) is 17.7. The number of hydrogen-bond acceptors (Lipinski definition) is 4. The molecule has 1 aromatic rings. The van der Waals surface area contributed by atoms with Gasteiger partial charge >= 0.3 is 6.09 Å². The van der Waals surface area contributed by atoms with Crippen LogP contribution in [0.4, 0.5) is 10.5 Å². The summed E-state index contributed by atoms with van der Waals surface area (Å²) in [6, 6.07) is 8.20. The van der Waals surface area contributed by atoms with E-state index in [2.05, 4.69) is 42.7 Å². The first-order valence-corrected chi connectivity index (χ1v) is 14.2. The van der Waals surface area contributed by atoms with Crippen LogP contribution in [0, 0.1) is 0 Å². The van der Waals surface area contributed by atoms with E-state index in [1.165, 1.54) is 55.5 Å². The SMILES string of the molecule is CCCN(CCC)CCC(C)c1cccc(N(CCCCCCCCN2CCOCC2)C(=O)O)c1. The van der Waals surface area contributed by atoms with E-state index in [1.54, 1.807) is 0 Å². The van der Waals surface area contributed by atoms with Gasteiger partial charge in [0.15, 0.2) is 0 Å². The van der Waals surface area contributed by atoms with Gasteiger partial charge in [-0.05, 0) is 81.9 Å². The Bertz CT molecular complexity index is 688. The van der Waals surface area contributed by atoms with Crippen molar-refractivity contribution in [1.29, 1.82) is 0 Å². The normalized spacial score (nSPS) is 15.4. The second-order valence-electron chi connectivity index (χ2n) is 10.1. The predicted octanol–water partition coefficient (Wildman–Crippen LogP) is 6.46. The van der Waals surface area contributed by atoms with E-state index in [-0.39, 0.29) is 0 Å². The lowest BCUT2D eigenvalue weighted by Crippen LogP contribution is -2.36. The quantitative estimate of drug-likeness (QED) is 0.240.